The number of hydrogen-bond donors (Lipinski definition) is 2. The van der Waals surface area contributed by atoms with Gasteiger partial charge in [-0.1, -0.05) is 39.0 Å². The van der Waals surface area contributed by atoms with Crippen LogP contribution in [0, 0.1) is 5.41 Å². The summed E-state index contributed by atoms with van der Waals surface area (Å²) in [5, 5.41) is 0. The molecule has 3 heteroatoms. The van der Waals surface area contributed by atoms with Crippen LogP contribution in [0.5, 0.6) is 0 Å². The monoisotopic (exact) mass is 252 g/mol. The third kappa shape index (κ3) is 6.71. The van der Waals surface area contributed by atoms with E-state index in [9.17, 15) is 0 Å². The van der Waals surface area contributed by atoms with E-state index in [2.05, 4.69) is 50.5 Å². The van der Waals surface area contributed by atoms with Crippen LogP contribution in [0.25, 0.3) is 0 Å². The normalized spacial score (nSPS) is 13.6. The van der Waals surface area contributed by atoms with Gasteiger partial charge >= 0.3 is 0 Å². The first-order valence-electron chi connectivity index (χ1n) is 6.15. The smallest absolute Gasteiger partial charge is 0.0304 e. The molecular formula is C14H24N2S. The number of thioether (sulfide) groups is 1. The van der Waals surface area contributed by atoms with Crippen LogP contribution in [0.2, 0.25) is 0 Å². The van der Waals surface area contributed by atoms with Crippen LogP contribution in [0.15, 0.2) is 35.2 Å². The van der Waals surface area contributed by atoms with E-state index in [0.29, 0.717) is 11.5 Å². The van der Waals surface area contributed by atoms with Gasteiger partial charge in [-0.05, 0) is 30.4 Å². The van der Waals surface area contributed by atoms with Gasteiger partial charge in [0.15, 0.2) is 0 Å². The Labute approximate surface area is 109 Å². The van der Waals surface area contributed by atoms with Gasteiger partial charge in [-0.25, -0.2) is 0 Å². The van der Waals surface area contributed by atoms with Crippen molar-refractivity contribution in [1.82, 2.24) is 5.43 Å². The van der Waals surface area contributed by atoms with Gasteiger partial charge in [0.25, 0.3) is 0 Å². The van der Waals surface area contributed by atoms with Crippen molar-refractivity contribution in [2.24, 2.45) is 11.3 Å². The van der Waals surface area contributed by atoms with Crippen molar-refractivity contribution in [2.75, 3.05) is 5.75 Å². The summed E-state index contributed by atoms with van der Waals surface area (Å²) in [6, 6.07) is 10.9. The summed E-state index contributed by atoms with van der Waals surface area (Å²) in [6.45, 7) is 6.81. The lowest BCUT2D eigenvalue weighted by Crippen LogP contribution is -2.37. The largest absolute Gasteiger partial charge is 0.271 e. The van der Waals surface area contributed by atoms with Crippen molar-refractivity contribution in [3.05, 3.63) is 30.3 Å². The summed E-state index contributed by atoms with van der Waals surface area (Å²) in [4.78, 5) is 1.31. The number of nitrogens with one attached hydrogen (secondary N) is 1. The van der Waals surface area contributed by atoms with Crippen LogP contribution in [0.1, 0.15) is 33.6 Å². The average molecular weight is 252 g/mol. The van der Waals surface area contributed by atoms with Crippen LogP contribution in [-0.2, 0) is 0 Å². The Kier molecular flexibility index (Phi) is 6.03. The van der Waals surface area contributed by atoms with Crippen LogP contribution in [0.3, 0.4) is 0 Å². The Morgan fingerprint density at radius 2 is 1.88 bits per heavy atom. The minimum atomic E-state index is 0.381. The average Bonchev–Trinajstić information content (AvgIpc) is 2.29. The van der Waals surface area contributed by atoms with E-state index in [0.717, 1.165) is 12.2 Å². The maximum atomic E-state index is 5.60. The molecule has 1 rings (SSSR count). The highest BCUT2D eigenvalue weighted by Crippen LogP contribution is 2.24. The fraction of sp³-hybridized carbons (Fsp3) is 0.571. The van der Waals surface area contributed by atoms with Crippen LogP contribution >= 0.6 is 11.8 Å². The molecule has 0 saturated carbocycles. The fourth-order valence-electron chi connectivity index (χ4n) is 1.54. The second kappa shape index (κ2) is 7.04. The number of hydrazine groups is 1. The molecule has 1 aromatic carbocycles. The molecule has 1 unspecified atom stereocenters. The topological polar surface area (TPSA) is 38.0 Å². The molecule has 3 N–H and O–H groups in total. The molecule has 0 spiro atoms. The lowest BCUT2D eigenvalue weighted by atomic mass is 9.89. The molecule has 0 fully saturated rings. The quantitative estimate of drug-likeness (QED) is 0.463. The molecule has 0 amide bonds. The zero-order valence-corrected chi connectivity index (χ0v) is 11.9. The van der Waals surface area contributed by atoms with Crippen molar-refractivity contribution in [2.45, 2.75) is 44.6 Å². The van der Waals surface area contributed by atoms with Crippen molar-refractivity contribution >= 4 is 11.8 Å². The molecule has 0 saturated heterocycles. The van der Waals surface area contributed by atoms with Gasteiger partial charge in [0, 0.05) is 16.7 Å². The molecule has 0 aliphatic heterocycles. The van der Waals surface area contributed by atoms with Crippen LogP contribution in [-0.4, -0.2) is 11.8 Å². The summed E-state index contributed by atoms with van der Waals surface area (Å²) in [5.41, 5.74) is 3.31. The predicted molar refractivity (Wildman–Crippen MR) is 77.0 cm³/mol. The Balaban J connectivity index is 2.33. The third-order valence-electron chi connectivity index (χ3n) is 2.67. The lowest BCUT2D eigenvalue weighted by Gasteiger charge is -2.22. The Morgan fingerprint density at radius 3 is 2.41 bits per heavy atom. The Bertz CT molecular complexity index is 306. The van der Waals surface area contributed by atoms with E-state index in [4.69, 9.17) is 5.84 Å². The van der Waals surface area contributed by atoms with Gasteiger partial charge in [0.05, 0.1) is 0 Å². The molecule has 0 aliphatic rings. The molecule has 1 atom stereocenters. The van der Waals surface area contributed by atoms with E-state index >= 15 is 0 Å². The molecule has 2 nitrogen and oxygen atoms in total. The zero-order chi connectivity index (χ0) is 12.7. The second-order valence-corrected chi connectivity index (χ2v) is 6.68. The standard InChI is InChI=1S/C14H24N2S/c1-14(2,3)10-9-12(16-15)11-17-13-7-5-4-6-8-13/h4-8,12,16H,9-11,15H2,1-3H3. The predicted octanol–water partition coefficient (Wildman–Crippen LogP) is 3.44. The van der Waals surface area contributed by atoms with Crippen molar-refractivity contribution in [3.63, 3.8) is 0 Å². The van der Waals surface area contributed by atoms with Crippen molar-refractivity contribution in [3.8, 4) is 0 Å². The van der Waals surface area contributed by atoms with E-state index in [1.807, 2.05) is 17.8 Å². The van der Waals surface area contributed by atoms with E-state index in [1.54, 1.807) is 0 Å². The van der Waals surface area contributed by atoms with E-state index < -0.39 is 0 Å². The first-order chi connectivity index (χ1) is 8.01. The molecule has 96 valence electrons. The Morgan fingerprint density at radius 1 is 1.24 bits per heavy atom. The molecule has 17 heavy (non-hydrogen) atoms. The fourth-order valence-corrected chi connectivity index (χ4v) is 2.54. The van der Waals surface area contributed by atoms with Crippen LogP contribution in [0.4, 0.5) is 0 Å². The van der Waals surface area contributed by atoms with Gasteiger partial charge < -0.3 is 0 Å². The maximum Gasteiger partial charge on any atom is 0.0304 e. The second-order valence-electron chi connectivity index (χ2n) is 5.59. The highest BCUT2D eigenvalue weighted by Gasteiger charge is 2.14. The summed E-state index contributed by atoms with van der Waals surface area (Å²) in [5.74, 6) is 6.63. The van der Waals surface area contributed by atoms with Gasteiger partial charge in [-0.15, -0.1) is 11.8 Å². The first-order valence-corrected chi connectivity index (χ1v) is 7.14. The number of hydrogen-bond acceptors (Lipinski definition) is 3. The van der Waals surface area contributed by atoms with E-state index in [1.165, 1.54) is 11.3 Å². The number of nitrogens with two attached hydrogens (primary N) is 1. The summed E-state index contributed by atoms with van der Waals surface area (Å²) >= 11 is 1.86. The highest BCUT2D eigenvalue weighted by molar-refractivity contribution is 7.99. The highest BCUT2D eigenvalue weighted by atomic mass is 32.2. The zero-order valence-electron chi connectivity index (χ0n) is 11.1. The molecule has 0 aromatic heterocycles. The molecule has 0 bridgehead atoms. The first kappa shape index (κ1) is 14.6. The number of rotatable bonds is 6. The summed E-state index contributed by atoms with van der Waals surface area (Å²) in [7, 11) is 0. The summed E-state index contributed by atoms with van der Waals surface area (Å²) in [6.07, 6.45) is 2.32. The van der Waals surface area contributed by atoms with Gasteiger partial charge in [-0.2, -0.15) is 0 Å². The molecule has 0 heterocycles. The van der Waals surface area contributed by atoms with Crippen LogP contribution < -0.4 is 11.3 Å². The molecule has 0 radical (unpaired) electrons. The van der Waals surface area contributed by atoms with Crippen molar-refractivity contribution in [1.29, 1.82) is 0 Å². The maximum absolute atomic E-state index is 5.60. The Hall–Kier alpha value is -0.510. The molecule has 1 aromatic rings. The van der Waals surface area contributed by atoms with Gasteiger partial charge in [-0.3, -0.25) is 11.3 Å². The summed E-state index contributed by atoms with van der Waals surface area (Å²) < 4.78 is 0. The van der Waals surface area contributed by atoms with Gasteiger partial charge in [0.2, 0.25) is 0 Å². The molecular weight excluding hydrogens is 228 g/mol. The van der Waals surface area contributed by atoms with E-state index in [-0.39, 0.29) is 0 Å². The van der Waals surface area contributed by atoms with Gasteiger partial charge in [0.1, 0.15) is 0 Å². The van der Waals surface area contributed by atoms with Crippen molar-refractivity contribution < 1.29 is 0 Å². The third-order valence-corrected chi connectivity index (χ3v) is 3.85. The lowest BCUT2D eigenvalue weighted by molar-refractivity contribution is 0.339. The minimum absolute atomic E-state index is 0.381. The number of benzene rings is 1. The SMILES string of the molecule is CC(C)(C)CCC(CSc1ccccc1)NN. The molecule has 0 aliphatic carbocycles. The minimum Gasteiger partial charge on any atom is -0.271 e.